The first-order valence-electron chi connectivity index (χ1n) is 7.76. The lowest BCUT2D eigenvalue weighted by Crippen LogP contribution is -2.53. The molecule has 8 heteroatoms. The van der Waals surface area contributed by atoms with E-state index in [0.717, 1.165) is 5.56 Å². The van der Waals surface area contributed by atoms with E-state index in [1.165, 1.54) is 15.7 Å². The number of benzene rings is 1. The molecule has 128 valence electrons. The van der Waals surface area contributed by atoms with Gasteiger partial charge in [-0.1, -0.05) is 29.8 Å². The molecule has 3 heterocycles. The van der Waals surface area contributed by atoms with Crippen molar-refractivity contribution in [1.82, 2.24) is 18.9 Å². The second-order valence-electron chi connectivity index (χ2n) is 6.08. The first-order chi connectivity index (χ1) is 12.0. The van der Waals surface area contributed by atoms with Crippen molar-refractivity contribution in [3.63, 3.8) is 0 Å². The van der Waals surface area contributed by atoms with E-state index in [1.54, 1.807) is 23.7 Å². The normalized spacial score (nSPS) is 14.8. The van der Waals surface area contributed by atoms with E-state index in [4.69, 9.17) is 11.6 Å². The molecule has 0 aliphatic carbocycles. The molecular weight excluding hydrogens is 344 g/mol. The lowest BCUT2D eigenvalue weighted by Gasteiger charge is -2.35. The number of rotatable bonds is 2. The Bertz CT molecular complexity index is 1050. The molecule has 0 spiro atoms. The molecule has 3 aromatic rings. The number of hydrogen-bond donors (Lipinski definition) is 1. The van der Waals surface area contributed by atoms with E-state index < -0.39 is 6.10 Å². The fraction of sp³-hybridized carbons (Fsp3) is 0.235. The van der Waals surface area contributed by atoms with Crippen LogP contribution in [0.15, 0.2) is 41.5 Å². The summed E-state index contributed by atoms with van der Waals surface area (Å²) in [4.78, 5) is 30.7. The van der Waals surface area contributed by atoms with E-state index in [1.807, 2.05) is 18.2 Å². The monoisotopic (exact) mass is 358 g/mol. The molecule has 0 radical (unpaired) electrons. The number of imidazole rings is 1. The van der Waals surface area contributed by atoms with Crippen LogP contribution in [0.2, 0.25) is 5.02 Å². The zero-order valence-corrected chi connectivity index (χ0v) is 14.1. The van der Waals surface area contributed by atoms with Gasteiger partial charge in [-0.15, -0.1) is 0 Å². The van der Waals surface area contributed by atoms with Gasteiger partial charge in [0, 0.05) is 43.1 Å². The topological polar surface area (TPSA) is 79.8 Å². The Hall–Kier alpha value is -2.64. The Balaban J connectivity index is 1.83. The minimum atomic E-state index is -0.485. The Morgan fingerprint density at radius 2 is 2.00 bits per heavy atom. The standard InChI is InChI=1S/C17H15ClN4O3/c1-20-14(11-4-2-3-5-12(11)18)9-21-8-13(19-15(21)17(20)25)16(24)22-6-10(23)7-22/h2-5,8-10,23H,6-7H2,1H3. The molecular formula is C17H15ClN4O3. The van der Waals surface area contributed by atoms with Gasteiger partial charge in [-0.3, -0.25) is 14.0 Å². The summed E-state index contributed by atoms with van der Waals surface area (Å²) < 4.78 is 3.01. The van der Waals surface area contributed by atoms with Gasteiger partial charge < -0.3 is 14.6 Å². The van der Waals surface area contributed by atoms with Gasteiger partial charge in [0.25, 0.3) is 11.5 Å². The summed E-state index contributed by atoms with van der Waals surface area (Å²) in [6.45, 7) is 0.575. The second kappa shape index (κ2) is 5.72. The molecule has 0 atom stereocenters. The van der Waals surface area contributed by atoms with Gasteiger partial charge in [0.15, 0.2) is 0 Å². The Morgan fingerprint density at radius 1 is 1.28 bits per heavy atom. The van der Waals surface area contributed by atoms with Crippen LogP contribution in [0.1, 0.15) is 10.5 Å². The maximum absolute atomic E-state index is 12.6. The maximum atomic E-state index is 12.6. The van der Waals surface area contributed by atoms with Gasteiger partial charge in [-0.2, -0.15) is 0 Å². The summed E-state index contributed by atoms with van der Waals surface area (Å²) in [5.41, 5.74) is 1.38. The highest BCUT2D eigenvalue weighted by Gasteiger charge is 2.31. The first-order valence-corrected chi connectivity index (χ1v) is 8.14. The molecule has 7 nitrogen and oxygen atoms in total. The average Bonchev–Trinajstić information content (AvgIpc) is 3.00. The maximum Gasteiger partial charge on any atom is 0.294 e. The molecule has 1 fully saturated rings. The lowest BCUT2D eigenvalue weighted by atomic mass is 10.1. The van der Waals surface area contributed by atoms with Crippen LogP contribution in [-0.2, 0) is 7.05 Å². The summed E-state index contributed by atoms with van der Waals surface area (Å²) in [7, 11) is 1.64. The van der Waals surface area contributed by atoms with Gasteiger partial charge in [0.2, 0.25) is 5.65 Å². The fourth-order valence-corrected chi connectivity index (χ4v) is 3.17. The third kappa shape index (κ3) is 2.52. The average molecular weight is 359 g/mol. The highest BCUT2D eigenvalue weighted by atomic mass is 35.5. The van der Waals surface area contributed by atoms with Crippen molar-refractivity contribution in [2.24, 2.45) is 7.05 Å². The third-order valence-electron chi connectivity index (χ3n) is 4.37. The van der Waals surface area contributed by atoms with E-state index in [9.17, 15) is 14.7 Å². The number of carbonyl (C=O) groups is 1. The molecule has 0 saturated carbocycles. The number of likely N-dealkylation sites (tertiary alicyclic amines) is 1. The molecule has 0 bridgehead atoms. The number of aliphatic hydroxyl groups excluding tert-OH is 1. The quantitative estimate of drug-likeness (QED) is 0.745. The van der Waals surface area contributed by atoms with Crippen molar-refractivity contribution in [3.8, 4) is 11.3 Å². The summed E-state index contributed by atoms with van der Waals surface area (Å²) >= 11 is 6.25. The molecule has 4 rings (SSSR count). The van der Waals surface area contributed by atoms with Crippen LogP contribution in [0.5, 0.6) is 0 Å². The lowest BCUT2D eigenvalue weighted by molar-refractivity contribution is 0.00555. The molecule has 0 unspecified atom stereocenters. The van der Waals surface area contributed by atoms with Crippen LogP contribution in [-0.4, -0.2) is 49.1 Å². The largest absolute Gasteiger partial charge is 0.389 e. The number of nitrogens with zero attached hydrogens (tertiary/aromatic N) is 4. The summed E-state index contributed by atoms with van der Waals surface area (Å²) in [6.07, 6.45) is 2.78. The van der Waals surface area contributed by atoms with Crippen molar-refractivity contribution in [1.29, 1.82) is 0 Å². The molecule has 1 aromatic carbocycles. The van der Waals surface area contributed by atoms with Crippen LogP contribution < -0.4 is 5.56 Å². The summed E-state index contributed by atoms with van der Waals surface area (Å²) in [6, 6.07) is 7.24. The number of fused-ring (bicyclic) bond motifs is 1. The highest BCUT2D eigenvalue weighted by Crippen LogP contribution is 2.26. The Labute approximate surface area is 147 Å². The molecule has 1 N–H and O–H groups in total. The van der Waals surface area contributed by atoms with Crippen molar-refractivity contribution in [2.45, 2.75) is 6.10 Å². The molecule has 1 aliphatic heterocycles. The van der Waals surface area contributed by atoms with E-state index >= 15 is 0 Å². The van der Waals surface area contributed by atoms with Crippen LogP contribution >= 0.6 is 11.6 Å². The SMILES string of the molecule is Cn1c(-c2ccccc2Cl)cn2cc(C(=O)N3CC(O)C3)nc2c1=O. The van der Waals surface area contributed by atoms with E-state index in [0.29, 0.717) is 10.7 Å². The van der Waals surface area contributed by atoms with Crippen LogP contribution in [0, 0.1) is 0 Å². The van der Waals surface area contributed by atoms with Crippen LogP contribution in [0.3, 0.4) is 0 Å². The number of halogens is 1. The van der Waals surface area contributed by atoms with Crippen molar-refractivity contribution in [2.75, 3.05) is 13.1 Å². The van der Waals surface area contributed by atoms with E-state index in [2.05, 4.69) is 4.98 Å². The number of aliphatic hydroxyl groups is 1. The van der Waals surface area contributed by atoms with Crippen molar-refractivity contribution >= 4 is 23.2 Å². The van der Waals surface area contributed by atoms with Crippen molar-refractivity contribution < 1.29 is 9.90 Å². The molecule has 1 aliphatic rings. The summed E-state index contributed by atoms with van der Waals surface area (Å²) in [5.74, 6) is -0.296. The molecule has 1 amide bonds. The van der Waals surface area contributed by atoms with Gasteiger partial charge in [-0.25, -0.2) is 4.98 Å². The summed E-state index contributed by atoms with van der Waals surface area (Å²) in [5, 5.41) is 9.87. The zero-order chi connectivity index (χ0) is 17.7. The van der Waals surface area contributed by atoms with Crippen molar-refractivity contribution in [3.05, 3.63) is 57.7 Å². The second-order valence-corrected chi connectivity index (χ2v) is 6.49. The number of amides is 1. The van der Waals surface area contributed by atoms with Gasteiger partial charge in [0.05, 0.1) is 11.8 Å². The van der Waals surface area contributed by atoms with Crippen LogP contribution in [0.25, 0.3) is 16.9 Å². The number of carbonyl (C=O) groups excluding carboxylic acids is 1. The number of aromatic nitrogens is 3. The fourth-order valence-electron chi connectivity index (χ4n) is 2.93. The minimum absolute atomic E-state index is 0.169. The number of hydrogen-bond acceptors (Lipinski definition) is 4. The smallest absolute Gasteiger partial charge is 0.294 e. The number of β-amino-alcohol motifs (C(OH)–C–C–N with tert-alkyl or cyclic N) is 1. The van der Waals surface area contributed by atoms with E-state index in [-0.39, 0.29) is 35.9 Å². The van der Waals surface area contributed by atoms with Crippen LogP contribution in [0.4, 0.5) is 0 Å². The Morgan fingerprint density at radius 3 is 2.68 bits per heavy atom. The van der Waals surface area contributed by atoms with Gasteiger partial charge in [0.1, 0.15) is 5.69 Å². The van der Waals surface area contributed by atoms with Gasteiger partial charge >= 0.3 is 0 Å². The molecule has 1 saturated heterocycles. The van der Waals surface area contributed by atoms with Gasteiger partial charge in [-0.05, 0) is 6.07 Å². The predicted octanol–water partition coefficient (Wildman–Crippen LogP) is 1.17. The first kappa shape index (κ1) is 15.9. The minimum Gasteiger partial charge on any atom is -0.389 e. The Kier molecular flexibility index (Phi) is 3.63. The third-order valence-corrected chi connectivity index (χ3v) is 4.70. The zero-order valence-electron chi connectivity index (χ0n) is 13.4. The molecule has 25 heavy (non-hydrogen) atoms. The predicted molar refractivity (Wildman–Crippen MR) is 92.8 cm³/mol. The highest BCUT2D eigenvalue weighted by molar-refractivity contribution is 6.33. The molecule has 2 aromatic heterocycles.